The maximum atomic E-state index is 12.6. The Labute approximate surface area is 121 Å². The van der Waals surface area contributed by atoms with Gasteiger partial charge in [-0.15, -0.1) is 0 Å². The van der Waals surface area contributed by atoms with Crippen LogP contribution in [0.4, 0.5) is 13.2 Å². The number of carbonyl (C=O) groups is 1. The van der Waals surface area contributed by atoms with Crippen molar-refractivity contribution < 1.29 is 18.0 Å². The van der Waals surface area contributed by atoms with E-state index in [1.165, 1.54) is 12.1 Å². The molecule has 2 rings (SSSR count). The molecule has 21 heavy (non-hydrogen) atoms. The molecule has 4 nitrogen and oxygen atoms in total. The second-order valence-electron chi connectivity index (χ2n) is 5.16. The van der Waals surface area contributed by atoms with Gasteiger partial charge in [-0.25, -0.2) is 0 Å². The van der Waals surface area contributed by atoms with Gasteiger partial charge < -0.3 is 11.1 Å². The van der Waals surface area contributed by atoms with Crippen molar-refractivity contribution in [2.24, 2.45) is 5.73 Å². The molecule has 2 atom stereocenters. The zero-order chi connectivity index (χ0) is 15.6. The predicted molar refractivity (Wildman–Crippen MR) is 72.4 cm³/mol. The quantitative estimate of drug-likeness (QED) is 0.890. The van der Waals surface area contributed by atoms with Crippen LogP contribution in [0.15, 0.2) is 24.3 Å². The van der Waals surface area contributed by atoms with E-state index >= 15 is 0 Å². The number of carbonyl (C=O) groups excluding carboxylic acids is 1. The van der Waals surface area contributed by atoms with Gasteiger partial charge in [-0.05, 0) is 24.6 Å². The van der Waals surface area contributed by atoms with Crippen molar-refractivity contribution in [2.45, 2.75) is 25.2 Å². The third-order valence-corrected chi connectivity index (χ3v) is 3.83. The number of nitrogens with zero attached hydrogens (tertiary/aromatic N) is 1. The van der Waals surface area contributed by atoms with Gasteiger partial charge in [0, 0.05) is 25.7 Å². The zero-order valence-electron chi connectivity index (χ0n) is 11.7. The molecule has 0 spiro atoms. The van der Waals surface area contributed by atoms with Crippen LogP contribution in [-0.2, 0) is 11.0 Å². The van der Waals surface area contributed by atoms with Crippen LogP contribution < -0.4 is 11.1 Å². The molecule has 0 saturated carbocycles. The van der Waals surface area contributed by atoms with Crippen LogP contribution in [-0.4, -0.2) is 36.5 Å². The molecule has 0 aliphatic carbocycles. The largest absolute Gasteiger partial charge is 0.416 e. The summed E-state index contributed by atoms with van der Waals surface area (Å²) < 4.78 is 37.7. The lowest BCUT2D eigenvalue weighted by atomic mass is 10.0. The molecule has 0 radical (unpaired) electrons. The first-order valence-electron chi connectivity index (χ1n) is 6.73. The molecule has 1 saturated heterocycles. The van der Waals surface area contributed by atoms with Gasteiger partial charge in [0.15, 0.2) is 0 Å². The number of benzene rings is 1. The van der Waals surface area contributed by atoms with Gasteiger partial charge in [0.2, 0.25) is 5.91 Å². The average molecular weight is 301 g/mol. The van der Waals surface area contributed by atoms with E-state index < -0.39 is 23.7 Å². The van der Waals surface area contributed by atoms with Gasteiger partial charge in [-0.1, -0.05) is 12.1 Å². The fraction of sp³-hybridized carbons (Fsp3) is 0.500. The minimum atomic E-state index is -4.34. The Hall–Kier alpha value is -1.60. The van der Waals surface area contributed by atoms with E-state index in [2.05, 4.69) is 5.32 Å². The van der Waals surface area contributed by atoms with Crippen molar-refractivity contribution >= 4 is 5.91 Å². The maximum absolute atomic E-state index is 12.6. The Morgan fingerprint density at radius 1 is 1.38 bits per heavy atom. The highest BCUT2D eigenvalue weighted by Crippen LogP contribution is 2.31. The summed E-state index contributed by atoms with van der Waals surface area (Å²) in [6.45, 7) is 3.66. The minimum absolute atomic E-state index is 0.174. The molecule has 116 valence electrons. The van der Waals surface area contributed by atoms with Crippen molar-refractivity contribution in [1.82, 2.24) is 10.2 Å². The molecule has 0 aromatic heterocycles. The third-order valence-electron chi connectivity index (χ3n) is 3.83. The SMILES string of the molecule is CC(c1ccc(C(F)(F)F)cc1)N1CCNCC1C(N)=O. The van der Waals surface area contributed by atoms with E-state index in [9.17, 15) is 18.0 Å². The summed E-state index contributed by atoms with van der Waals surface area (Å²) in [5.74, 6) is -0.430. The highest BCUT2D eigenvalue weighted by atomic mass is 19.4. The van der Waals surface area contributed by atoms with E-state index in [0.717, 1.165) is 24.2 Å². The Balaban J connectivity index is 2.18. The van der Waals surface area contributed by atoms with Gasteiger partial charge >= 0.3 is 6.18 Å². The third kappa shape index (κ3) is 3.54. The van der Waals surface area contributed by atoms with Gasteiger partial charge in [0.05, 0.1) is 5.56 Å². The first-order valence-corrected chi connectivity index (χ1v) is 6.73. The Kier molecular flexibility index (Phi) is 4.53. The summed E-state index contributed by atoms with van der Waals surface area (Å²) in [5, 5.41) is 3.09. The van der Waals surface area contributed by atoms with Crippen LogP contribution in [0, 0.1) is 0 Å². The minimum Gasteiger partial charge on any atom is -0.368 e. The molecule has 1 fully saturated rings. The molecule has 0 bridgehead atoms. The number of hydrogen-bond acceptors (Lipinski definition) is 3. The van der Waals surface area contributed by atoms with Crippen LogP contribution in [0.25, 0.3) is 0 Å². The van der Waals surface area contributed by atoms with Crippen molar-refractivity contribution in [2.75, 3.05) is 19.6 Å². The molecule has 3 N–H and O–H groups in total. The van der Waals surface area contributed by atoms with Gasteiger partial charge in [0.25, 0.3) is 0 Å². The predicted octanol–water partition coefficient (Wildman–Crippen LogP) is 1.53. The first-order chi connectivity index (χ1) is 9.80. The van der Waals surface area contributed by atoms with E-state index in [1.807, 2.05) is 11.8 Å². The number of halogens is 3. The van der Waals surface area contributed by atoms with E-state index in [1.54, 1.807) is 0 Å². The number of rotatable bonds is 3. The molecule has 1 amide bonds. The summed E-state index contributed by atoms with van der Waals surface area (Å²) in [5.41, 5.74) is 5.44. The van der Waals surface area contributed by atoms with Gasteiger partial charge in [-0.2, -0.15) is 13.2 Å². The lowest BCUT2D eigenvalue weighted by Gasteiger charge is -2.38. The number of nitrogens with two attached hydrogens (primary N) is 1. The summed E-state index contributed by atoms with van der Waals surface area (Å²) in [6.07, 6.45) is -4.34. The normalized spacial score (nSPS) is 22.0. The summed E-state index contributed by atoms with van der Waals surface area (Å²) in [7, 11) is 0. The molecular weight excluding hydrogens is 283 g/mol. The standard InChI is InChI=1S/C14H18F3N3O/c1-9(20-7-6-19-8-12(20)13(18)21)10-2-4-11(5-3-10)14(15,16)17/h2-5,9,12,19H,6-8H2,1H3,(H2,18,21). The van der Waals surface area contributed by atoms with Gasteiger partial charge in [-0.3, -0.25) is 9.69 Å². The smallest absolute Gasteiger partial charge is 0.368 e. The molecule has 7 heteroatoms. The Morgan fingerprint density at radius 3 is 2.52 bits per heavy atom. The van der Waals surface area contributed by atoms with E-state index in [4.69, 9.17) is 5.73 Å². The van der Waals surface area contributed by atoms with Crippen molar-refractivity contribution in [1.29, 1.82) is 0 Å². The van der Waals surface area contributed by atoms with Crippen LogP contribution >= 0.6 is 0 Å². The fourth-order valence-corrected chi connectivity index (χ4v) is 2.59. The first kappa shape index (κ1) is 15.8. The van der Waals surface area contributed by atoms with Crippen LogP contribution in [0.2, 0.25) is 0 Å². The highest BCUT2D eigenvalue weighted by Gasteiger charge is 2.32. The molecule has 2 unspecified atom stereocenters. The number of piperazine rings is 1. The summed E-state index contributed by atoms with van der Waals surface area (Å²) in [6, 6.07) is 4.41. The second-order valence-corrected chi connectivity index (χ2v) is 5.16. The Morgan fingerprint density at radius 2 is 2.00 bits per heavy atom. The van der Waals surface area contributed by atoms with E-state index in [-0.39, 0.29) is 6.04 Å². The Bertz CT molecular complexity index is 501. The molecule has 1 heterocycles. The summed E-state index contributed by atoms with van der Waals surface area (Å²) >= 11 is 0. The monoisotopic (exact) mass is 301 g/mol. The molecule has 1 aromatic carbocycles. The van der Waals surface area contributed by atoms with Crippen LogP contribution in [0.5, 0.6) is 0 Å². The van der Waals surface area contributed by atoms with Crippen molar-refractivity contribution in [3.8, 4) is 0 Å². The fourth-order valence-electron chi connectivity index (χ4n) is 2.59. The number of hydrogen-bond donors (Lipinski definition) is 2. The van der Waals surface area contributed by atoms with Gasteiger partial charge in [0.1, 0.15) is 6.04 Å². The number of nitrogens with one attached hydrogen (secondary N) is 1. The molecule has 1 aliphatic rings. The molecule has 1 aromatic rings. The maximum Gasteiger partial charge on any atom is 0.416 e. The lowest BCUT2D eigenvalue weighted by Crippen LogP contribution is -2.57. The van der Waals surface area contributed by atoms with Crippen LogP contribution in [0.1, 0.15) is 24.1 Å². The zero-order valence-corrected chi connectivity index (χ0v) is 11.7. The highest BCUT2D eigenvalue weighted by molar-refractivity contribution is 5.80. The number of alkyl halides is 3. The average Bonchev–Trinajstić information content (AvgIpc) is 2.45. The van der Waals surface area contributed by atoms with Crippen LogP contribution in [0.3, 0.4) is 0 Å². The summed E-state index contributed by atoms with van der Waals surface area (Å²) in [4.78, 5) is 13.4. The number of primary amides is 1. The number of amides is 1. The second kappa shape index (κ2) is 6.03. The van der Waals surface area contributed by atoms with E-state index in [0.29, 0.717) is 13.1 Å². The van der Waals surface area contributed by atoms with Crippen molar-refractivity contribution in [3.05, 3.63) is 35.4 Å². The lowest BCUT2D eigenvalue weighted by molar-refractivity contribution is -0.137. The van der Waals surface area contributed by atoms with Crippen molar-refractivity contribution in [3.63, 3.8) is 0 Å². The topological polar surface area (TPSA) is 58.4 Å². The molecule has 1 aliphatic heterocycles. The molecular formula is C14H18F3N3O.